The fourth-order valence-corrected chi connectivity index (χ4v) is 7.58. The molecule has 4 rings (SSSR count). The third-order valence-electron chi connectivity index (χ3n) is 9.13. The standard InChI is InChI=1S/C41H62N2O2/c1-37(2,3)20-28-15-30(23-39(7,8)9)35(44)32(17-28)25-42-34-19-27-13-14-41(34,22-27)43-26-33-18-29(21-38(4,5)6)16-31(36(33)45)24-40(10,11)12/h15-18,25-27,34,44-45H,13-14,19-24H2,1-12H3. The number of aromatic hydroxyl groups is 2. The summed E-state index contributed by atoms with van der Waals surface area (Å²) in [5.41, 5.74) is 6.32. The Labute approximate surface area is 274 Å². The van der Waals surface area contributed by atoms with Gasteiger partial charge in [-0.05, 0) is 113 Å². The lowest BCUT2D eigenvalue weighted by Gasteiger charge is -2.29. The molecule has 2 N–H and O–H groups in total. The summed E-state index contributed by atoms with van der Waals surface area (Å²) in [7, 11) is 0. The maximum atomic E-state index is 11.4. The van der Waals surface area contributed by atoms with Gasteiger partial charge in [-0.3, -0.25) is 9.98 Å². The monoisotopic (exact) mass is 614 g/mol. The van der Waals surface area contributed by atoms with Gasteiger partial charge in [-0.25, -0.2) is 0 Å². The van der Waals surface area contributed by atoms with Gasteiger partial charge in [0, 0.05) is 23.6 Å². The van der Waals surface area contributed by atoms with Crippen molar-refractivity contribution in [2.24, 2.45) is 37.6 Å². The van der Waals surface area contributed by atoms with Crippen LogP contribution in [0.1, 0.15) is 142 Å². The lowest BCUT2D eigenvalue weighted by molar-refractivity contribution is 0.367. The van der Waals surface area contributed by atoms with Crippen LogP contribution in [0.15, 0.2) is 34.3 Å². The van der Waals surface area contributed by atoms with E-state index in [4.69, 9.17) is 9.98 Å². The Morgan fingerprint density at radius 1 is 0.667 bits per heavy atom. The summed E-state index contributed by atoms with van der Waals surface area (Å²) in [6.07, 6.45) is 11.6. The summed E-state index contributed by atoms with van der Waals surface area (Å²) in [6.45, 7) is 26.9. The molecule has 2 aliphatic rings. The largest absolute Gasteiger partial charge is 0.507 e. The Balaban J connectivity index is 1.69. The van der Waals surface area contributed by atoms with Gasteiger partial charge >= 0.3 is 0 Å². The van der Waals surface area contributed by atoms with Crippen LogP contribution in [-0.2, 0) is 25.7 Å². The number of fused-ring (bicyclic) bond motifs is 2. The van der Waals surface area contributed by atoms with Crippen LogP contribution in [0.5, 0.6) is 11.5 Å². The summed E-state index contributed by atoms with van der Waals surface area (Å²) in [5.74, 6) is 1.35. The minimum absolute atomic E-state index is 0.0668. The summed E-state index contributed by atoms with van der Waals surface area (Å²) in [4.78, 5) is 10.5. The molecule has 0 radical (unpaired) electrons. The van der Waals surface area contributed by atoms with E-state index < -0.39 is 0 Å². The van der Waals surface area contributed by atoms with Crippen LogP contribution in [0.4, 0.5) is 0 Å². The van der Waals surface area contributed by atoms with E-state index in [-0.39, 0.29) is 33.2 Å². The summed E-state index contributed by atoms with van der Waals surface area (Å²) in [6, 6.07) is 8.74. The molecule has 3 atom stereocenters. The van der Waals surface area contributed by atoms with Crippen molar-refractivity contribution in [1.82, 2.24) is 0 Å². The molecule has 0 heterocycles. The van der Waals surface area contributed by atoms with Gasteiger partial charge in [-0.2, -0.15) is 0 Å². The van der Waals surface area contributed by atoms with Crippen molar-refractivity contribution in [2.75, 3.05) is 0 Å². The van der Waals surface area contributed by atoms with E-state index >= 15 is 0 Å². The van der Waals surface area contributed by atoms with E-state index in [9.17, 15) is 10.2 Å². The molecule has 248 valence electrons. The average molecular weight is 615 g/mol. The second-order valence-corrected chi connectivity index (χ2v) is 19.3. The van der Waals surface area contributed by atoms with Crippen molar-refractivity contribution < 1.29 is 10.2 Å². The second kappa shape index (κ2) is 12.5. The maximum Gasteiger partial charge on any atom is 0.127 e. The predicted molar refractivity (Wildman–Crippen MR) is 193 cm³/mol. The molecule has 2 bridgehead atoms. The zero-order valence-corrected chi connectivity index (χ0v) is 30.6. The van der Waals surface area contributed by atoms with Gasteiger partial charge in [0.1, 0.15) is 11.5 Å². The minimum atomic E-state index is -0.259. The third-order valence-corrected chi connectivity index (χ3v) is 9.13. The minimum Gasteiger partial charge on any atom is -0.507 e. The van der Waals surface area contributed by atoms with Gasteiger partial charge in [0.25, 0.3) is 0 Å². The highest BCUT2D eigenvalue weighted by Crippen LogP contribution is 2.52. The Kier molecular flexibility index (Phi) is 9.81. The van der Waals surface area contributed by atoms with Gasteiger partial charge in [0.2, 0.25) is 0 Å². The third kappa shape index (κ3) is 9.69. The molecule has 4 nitrogen and oxygen atoms in total. The van der Waals surface area contributed by atoms with Crippen molar-refractivity contribution in [3.05, 3.63) is 57.6 Å². The Hall–Kier alpha value is -2.62. The van der Waals surface area contributed by atoms with Crippen molar-refractivity contribution >= 4 is 12.4 Å². The van der Waals surface area contributed by atoms with Crippen LogP contribution < -0.4 is 0 Å². The lowest BCUT2D eigenvalue weighted by atomic mass is 9.83. The van der Waals surface area contributed by atoms with E-state index in [0.29, 0.717) is 17.4 Å². The first-order valence-electron chi connectivity index (χ1n) is 17.3. The van der Waals surface area contributed by atoms with E-state index in [2.05, 4.69) is 107 Å². The molecule has 4 heteroatoms. The highest BCUT2D eigenvalue weighted by molar-refractivity contribution is 5.86. The second-order valence-electron chi connectivity index (χ2n) is 19.3. The van der Waals surface area contributed by atoms with Gasteiger partial charge in [-0.15, -0.1) is 0 Å². The van der Waals surface area contributed by atoms with Gasteiger partial charge in [0.15, 0.2) is 0 Å². The van der Waals surface area contributed by atoms with Crippen LogP contribution in [0, 0.1) is 27.6 Å². The normalized spacial score (nSPS) is 22.8. The first-order chi connectivity index (χ1) is 20.5. The zero-order chi connectivity index (χ0) is 33.6. The van der Waals surface area contributed by atoms with Crippen molar-refractivity contribution in [1.29, 1.82) is 0 Å². The number of hydrogen-bond donors (Lipinski definition) is 2. The number of benzene rings is 2. The molecule has 2 saturated carbocycles. The van der Waals surface area contributed by atoms with Crippen LogP contribution in [-0.4, -0.2) is 34.2 Å². The topological polar surface area (TPSA) is 65.2 Å². The van der Waals surface area contributed by atoms with Crippen LogP contribution >= 0.6 is 0 Å². The lowest BCUT2D eigenvalue weighted by Crippen LogP contribution is -2.34. The number of phenols is 2. The molecular formula is C41H62N2O2. The fraction of sp³-hybridized carbons (Fsp3) is 0.659. The highest BCUT2D eigenvalue weighted by atomic mass is 16.3. The first kappa shape index (κ1) is 35.2. The molecule has 3 unspecified atom stereocenters. The first-order valence-corrected chi connectivity index (χ1v) is 17.3. The Morgan fingerprint density at radius 3 is 1.53 bits per heavy atom. The fourth-order valence-electron chi connectivity index (χ4n) is 7.58. The quantitative estimate of drug-likeness (QED) is 0.291. The maximum absolute atomic E-state index is 11.4. The molecule has 0 aliphatic heterocycles. The number of phenolic OH excluding ortho intramolecular Hbond substituents is 2. The highest BCUT2D eigenvalue weighted by Gasteiger charge is 2.52. The predicted octanol–water partition coefficient (Wildman–Crippen LogP) is 10.3. The van der Waals surface area contributed by atoms with Gasteiger partial charge in [0.05, 0.1) is 11.6 Å². The summed E-state index contributed by atoms with van der Waals surface area (Å²) >= 11 is 0. The van der Waals surface area contributed by atoms with Crippen LogP contribution in [0.25, 0.3) is 0 Å². The molecule has 2 fully saturated rings. The molecule has 45 heavy (non-hydrogen) atoms. The SMILES string of the molecule is CC(C)(C)Cc1cc(C=NC2CC3CCC2(N=Cc2cc(CC(C)(C)C)cc(CC(C)(C)C)c2O)C3)c(O)c(CC(C)(C)C)c1. The van der Waals surface area contributed by atoms with Crippen LogP contribution in [0.2, 0.25) is 0 Å². The zero-order valence-electron chi connectivity index (χ0n) is 30.6. The molecule has 0 aromatic heterocycles. The molecule has 0 spiro atoms. The number of aliphatic imine (C=N–C) groups is 2. The van der Waals surface area contributed by atoms with Crippen molar-refractivity contribution in [3.8, 4) is 11.5 Å². The molecule has 2 aliphatic carbocycles. The van der Waals surface area contributed by atoms with E-state index in [0.717, 1.165) is 67.2 Å². The van der Waals surface area contributed by atoms with Crippen molar-refractivity contribution in [2.45, 2.75) is 146 Å². The Bertz CT molecular complexity index is 1420. The smallest absolute Gasteiger partial charge is 0.127 e. The van der Waals surface area contributed by atoms with E-state index in [1.807, 2.05) is 12.4 Å². The van der Waals surface area contributed by atoms with Crippen LogP contribution in [0.3, 0.4) is 0 Å². The summed E-state index contributed by atoms with van der Waals surface area (Å²) < 4.78 is 0. The summed E-state index contributed by atoms with van der Waals surface area (Å²) in [5, 5.41) is 22.8. The number of rotatable bonds is 8. The van der Waals surface area contributed by atoms with Gasteiger partial charge < -0.3 is 10.2 Å². The molecule has 0 amide bonds. The molecule has 2 aromatic carbocycles. The molecular weight excluding hydrogens is 552 g/mol. The Morgan fingerprint density at radius 2 is 1.11 bits per heavy atom. The number of nitrogens with zero attached hydrogens (tertiary/aromatic N) is 2. The van der Waals surface area contributed by atoms with Crippen molar-refractivity contribution in [3.63, 3.8) is 0 Å². The molecule has 2 aromatic rings. The molecule has 0 saturated heterocycles. The number of hydrogen-bond acceptors (Lipinski definition) is 4. The van der Waals surface area contributed by atoms with E-state index in [1.54, 1.807) is 0 Å². The average Bonchev–Trinajstić information content (AvgIpc) is 3.41. The van der Waals surface area contributed by atoms with E-state index in [1.165, 1.54) is 17.5 Å². The van der Waals surface area contributed by atoms with Gasteiger partial charge in [-0.1, -0.05) is 95.2 Å².